The first-order valence-corrected chi connectivity index (χ1v) is 12.8. The predicted molar refractivity (Wildman–Crippen MR) is 141 cm³/mol. The van der Waals surface area contributed by atoms with Crippen LogP contribution >= 0.6 is 15.9 Å². The molecule has 1 N–H and O–H groups in total. The summed E-state index contributed by atoms with van der Waals surface area (Å²) < 4.78 is 12.7. The third-order valence-electron chi connectivity index (χ3n) is 5.77. The molecule has 0 aliphatic carbocycles. The van der Waals surface area contributed by atoms with Gasteiger partial charge >= 0.3 is 0 Å². The van der Waals surface area contributed by atoms with Gasteiger partial charge in [-0.15, -0.1) is 0 Å². The molecule has 0 fully saturated rings. The van der Waals surface area contributed by atoms with E-state index in [1.165, 1.54) is 0 Å². The number of fused-ring (bicyclic) bond motifs is 1. The Morgan fingerprint density at radius 2 is 1.79 bits per heavy atom. The molecule has 0 aliphatic rings. The average Bonchev–Trinajstić information content (AvgIpc) is 2.82. The van der Waals surface area contributed by atoms with Crippen LogP contribution in [0.1, 0.15) is 69.3 Å². The number of aldehydes is 1. The number of unbranched alkanes of at least 4 members (excludes halogenated alkanes) is 6. The molecule has 2 aromatic carbocycles. The van der Waals surface area contributed by atoms with Gasteiger partial charge in [-0.2, -0.15) is 0 Å². The molecular weight excluding hydrogens is 494 g/mol. The van der Waals surface area contributed by atoms with Gasteiger partial charge in [-0.1, -0.05) is 53.7 Å². The van der Waals surface area contributed by atoms with Gasteiger partial charge in [0.15, 0.2) is 11.5 Å². The molecule has 1 heterocycles. The highest BCUT2D eigenvalue weighted by Gasteiger charge is 2.15. The number of benzene rings is 2. The van der Waals surface area contributed by atoms with Crippen molar-refractivity contribution >= 4 is 38.9 Å². The fourth-order valence-corrected chi connectivity index (χ4v) is 4.34. The molecule has 1 aromatic heterocycles. The molecule has 7 heteroatoms. The Morgan fingerprint density at radius 3 is 2.53 bits per heavy atom. The predicted octanol–water partition coefficient (Wildman–Crippen LogP) is 7.19. The van der Waals surface area contributed by atoms with Crippen molar-refractivity contribution in [3.63, 3.8) is 0 Å². The van der Waals surface area contributed by atoms with E-state index < -0.39 is 0 Å². The van der Waals surface area contributed by atoms with E-state index in [2.05, 4.69) is 50.3 Å². The molecule has 1 atom stereocenters. The number of anilines is 1. The van der Waals surface area contributed by atoms with E-state index in [1.807, 2.05) is 31.2 Å². The summed E-state index contributed by atoms with van der Waals surface area (Å²) in [5, 5.41) is 4.43. The van der Waals surface area contributed by atoms with Gasteiger partial charge in [0.25, 0.3) is 0 Å². The number of ether oxygens (including phenoxy) is 2. The summed E-state index contributed by atoms with van der Waals surface area (Å²) in [6, 6.07) is 12.2. The Hall–Kier alpha value is -2.67. The number of carbonyl (C=O) groups is 1. The van der Waals surface area contributed by atoms with Crippen LogP contribution in [0.25, 0.3) is 10.9 Å². The van der Waals surface area contributed by atoms with E-state index >= 15 is 0 Å². The first kappa shape index (κ1) is 25.9. The third-order valence-corrected chi connectivity index (χ3v) is 6.26. The maximum atomic E-state index is 10.4. The average molecular weight is 528 g/mol. The minimum atomic E-state index is 0.0651. The lowest BCUT2D eigenvalue weighted by Gasteiger charge is -2.18. The Labute approximate surface area is 210 Å². The largest absolute Gasteiger partial charge is 0.493 e. The second-order valence-electron chi connectivity index (χ2n) is 8.49. The van der Waals surface area contributed by atoms with Crippen LogP contribution in [0.3, 0.4) is 0 Å². The molecule has 34 heavy (non-hydrogen) atoms. The minimum absolute atomic E-state index is 0.0651. The van der Waals surface area contributed by atoms with E-state index in [9.17, 15) is 4.79 Å². The number of aromatic nitrogens is 2. The van der Waals surface area contributed by atoms with Crippen molar-refractivity contribution in [3.8, 4) is 11.5 Å². The minimum Gasteiger partial charge on any atom is -0.493 e. The Bertz CT molecular complexity index is 1090. The molecular formula is C27H34BrN3O3. The highest BCUT2D eigenvalue weighted by Crippen LogP contribution is 2.35. The van der Waals surface area contributed by atoms with E-state index in [-0.39, 0.29) is 6.04 Å². The smallest absolute Gasteiger partial charge is 0.163 e. The van der Waals surface area contributed by atoms with E-state index in [0.29, 0.717) is 30.4 Å². The summed E-state index contributed by atoms with van der Waals surface area (Å²) in [6.45, 7) is 4.64. The lowest BCUT2D eigenvalue weighted by molar-refractivity contribution is -0.107. The molecule has 0 unspecified atom stereocenters. The van der Waals surface area contributed by atoms with Crippen LogP contribution in [-0.2, 0) is 4.79 Å². The summed E-state index contributed by atoms with van der Waals surface area (Å²) in [5.74, 6) is 2.84. The summed E-state index contributed by atoms with van der Waals surface area (Å²) in [6.07, 6.45) is 8.20. The monoisotopic (exact) mass is 527 g/mol. The zero-order valence-electron chi connectivity index (χ0n) is 20.3. The number of hydrogen-bond acceptors (Lipinski definition) is 6. The van der Waals surface area contributed by atoms with Gasteiger partial charge in [-0.3, -0.25) is 0 Å². The van der Waals surface area contributed by atoms with Crippen molar-refractivity contribution in [1.29, 1.82) is 0 Å². The number of nitrogens with one attached hydrogen (secondary N) is 1. The van der Waals surface area contributed by atoms with Gasteiger partial charge in [-0.05, 0) is 50.5 Å². The fourth-order valence-electron chi connectivity index (χ4n) is 3.92. The number of rotatable bonds is 14. The van der Waals surface area contributed by atoms with Crippen LogP contribution in [0.2, 0.25) is 0 Å². The number of halogens is 1. The maximum Gasteiger partial charge on any atom is 0.163 e. The summed E-state index contributed by atoms with van der Waals surface area (Å²) in [4.78, 5) is 19.7. The van der Waals surface area contributed by atoms with Gasteiger partial charge in [0.1, 0.15) is 17.9 Å². The second-order valence-corrected chi connectivity index (χ2v) is 9.40. The standard InChI is InChI=1S/C27H34BrN3O3/c1-19(21-12-11-13-22(28)16-21)29-27-23-17-25(33-3)26(18-24(23)30-20(2)31-27)34-15-10-8-6-4-5-7-9-14-32/h11-14,16-19H,4-10,15H2,1-3H3,(H,29,30,31)/t19-/m1/s1. The van der Waals surface area contributed by atoms with E-state index in [0.717, 1.165) is 71.6 Å². The molecule has 0 spiro atoms. The van der Waals surface area contributed by atoms with E-state index in [1.54, 1.807) is 7.11 Å². The first-order valence-electron chi connectivity index (χ1n) is 12.0. The lowest BCUT2D eigenvalue weighted by atomic mass is 10.1. The molecule has 3 aromatic rings. The zero-order valence-corrected chi connectivity index (χ0v) is 21.9. The van der Waals surface area contributed by atoms with Crippen molar-refractivity contribution in [2.45, 2.75) is 64.8 Å². The number of carbonyl (C=O) groups excluding carboxylic acids is 1. The molecule has 0 amide bonds. The molecule has 6 nitrogen and oxygen atoms in total. The van der Waals surface area contributed by atoms with Crippen LogP contribution in [0.5, 0.6) is 11.5 Å². The van der Waals surface area contributed by atoms with Gasteiger partial charge in [0.05, 0.1) is 25.3 Å². The van der Waals surface area contributed by atoms with Crippen molar-refractivity contribution in [3.05, 3.63) is 52.3 Å². The van der Waals surface area contributed by atoms with Crippen molar-refractivity contribution in [2.75, 3.05) is 19.0 Å². The Kier molecular flexibility index (Phi) is 10.1. The van der Waals surface area contributed by atoms with Gasteiger partial charge in [-0.25, -0.2) is 9.97 Å². The molecule has 3 rings (SSSR count). The molecule has 182 valence electrons. The van der Waals surface area contributed by atoms with Crippen molar-refractivity contribution < 1.29 is 14.3 Å². The van der Waals surface area contributed by atoms with Gasteiger partial charge in [0, 0.05) is 22.3 Å². The van der Waals surface area contributed by atoms with Crippen LogP contribution in [0.4, 0.5) is 5.82 Å². The second kappa shape index (κ2) is 13.3. The normalized spacial score (nSPS) is 11.9. The fraction of sp³-hybridized carbons (Fsp3) is 0.444. The molecule has 0 saturated carbocycles. The van der Waals surface area contributed by atoms with Crippen molar-refractivity contribution in [1.82, 2.24) is 9.97 Å². The van der Waals surface area contributed by atoms with Crippen molar-refractivity contribution in [2.24, 2.45) is 0 Å². The maximum absolute atomic E-state index is 10.4. The first-order chi connectivity index (χ1) is 16.5. The van der Waals surface area contributed by atoms with Crippen LogP contribution < -0.4 is 14.8 Å². The Morgan fingerprint density at radius 1 is 1.03 bits per heavy atom. The number of aryl methyl sites for hydroxylation is 1. The van der Waals surface area contributed by atoms with Gasteiger partial charge < -0.3 is 19.6 Å². The third kappa shape index (κ3) is 7.42. The van der Waals surface area contributed by atoms with Crippen LogP contribution in [-0.4, -0.2) is 30.0 Å². The molecule has 0 saturated heterocycles. The molecule has 0 radical (unpaired) electrons. The number of nitrogens with zero attached hydrogens (tertiary/aromatic N) is 2. The highest BCUT2D eigenvalue weighted by atomic mass is 79.9. The quantitative estimate of drug-likeness (QED) is 0.176. The molecule has 0 bridgehead atoms. The topological polar surface area (TPSA) is 73.3 Å². The summed E-state index contributed by atoms with van der Waals surface area (Å²) in [7, 11) is 1.65. The molecule has 0 aliphatic heterocycles. The highest BCUT2D eigenvalue weighted by molar-refractivity contribution is 9.10. The summed E-state index contributed by atoms with van der Waals surface area (Å²) in [5.41, 5.74) is 1.98. The van der Waals surface area contributed by atoms with Gasteiger partial charge in [0.2, 0.25) is 0 Å². The number of methoxy groups -OCH3 is 1. The van der Waals surface area contributed by atoms with E-state index in [4.69, 9.17) is 9.47 Å². The SMILES string of the molecule is COc1cc2c(N[C@H](C)c3cccc(Br)c3)nc(C)nc2cc1OCCCCCCCCC=O. The van der Waals surface area contributed by atoms with Crippen LogP contribution in [0.15, 0.2) is 40.9 Å². The Balaban J connectivity index is 1.68. The zero-order chi connectivity index (χ0) is 24.3. The lowest BCUT2D eigenvalue weighted by Crippen LogP contribution is -2.10. The van der Waals surface area contributed by atoms with Crippen LogP contribution in [0, 0.1) is 6.92 Å². The number of hydrogen-bond donors (Lipinski definition) is 1. The summed E-state index contributed by atoms with van der Waals surface area (Å²) >= 11 is 3.55.